The van der Waals surface area contributed by atoms with Gasteiger partial charge < -0.3 is 9.84 Å². The summed E-state index contributed by atoms with van der Waals surface area (Å²) in [6.07, 6.45) is 0. The summed E-state index contributed by atoms with van der Waals surface area (Å²) in [6.45, 7) is 6.10. The van der Waals surface area contributed by atoms with Crippen LogP contribution in [0.15, 0.2) is 28.8 Å². The lowest BCUT2D eigenvalue weighted by Gasteiger charge is -2.26. The van der Waals surface area contributed by atoms with Crippen LogP contribution in [-0.2, 0) is 12.1 Å². The fourth-order valence-corrected chi connectivity index (χ4v) is 1.80. The van der Waals surface area contributed by atoms with Gasteiger partial charge in [-0.2, -0.15) is 0 Å². The molecule has 0 radical (unpaired) electrons. The maximum Gasteiger partial charge on any atom is 0.159 e. The molecule has 1 aromatic carbocycles. The highest BCUT2D eigenvalue weighted by Gasteiger charge is 2.21. The van der Waals surface area contributed by atoms with E-state index >= 15 is 0 Å². The fourth-order valence-electron chi connectivity index (χ4n) is 1.80. The zero-order valence-corrected chi connectivity index (χ0v) is 11.1. The lowest BCUT2D eigenvalue weighted by atomic mass is 9.94. The summed E-state index contributed by atoms with van der Waals surface area (Å²) in [7, 11) is 0. The number of nitrogens with one attached hydrogen (secondary N) is 1. The smallest absolute Gasteiger partial charge is 0.159 e. The van der Waals surface area contributed by atoms with Crippen molar-refractivity contribution in [2.75, 3.05) is 0 Å². The molecule has 0 aliphatic rings. The monoisotopic (exact) mass is 266 g/mol. The zero-order chi connectivity index (χ0) is 14.0. The first kappa shape index (κ1) is 13.7. The molecule has 19 heavy (non-hydrogen) atoms. The van der Waals surface area contributed by atoms with E-state index in [2.05, 4.69) is 10.5 Å². The molecule has 0 saturated heterocycles. The summed E-state index contributed by atoms with van der Waals surface area (Å²) in [5.74, 6) is -0.946. The summed E-state index contributed by atoms with van der Waals surface area (Å²) in [5.41, 5.74) is 0.946. The van der Waals surface area contributed by atoms with Crippen LogP contribution in [0.4, 0.5) is 8.78 Å². The summed E-state index contributed by atoms with van der Waals surface area (Å²) in [6, 6.07) is 5.73. The highest BCUT2D eigenvalue weighted by atomic mass is 19.2. The third-order valence-electron chi connectivity index (χ3n) is 3.03. The summed E-state index contributed by atoms with van der Waals surface area (Å²) >= 11 is 0. The van der Waals surface area contributed by atoms with Gasteiger partial charge in [0.1, 0.15) is 5.76 Å². The average Bonchev–Trinajstić information content (AvgIpc) is 2.76. The van der Waals surface area contributed by atoms with E-state index in [0.29, 0.717) is 12.1 Å². The molecule has 0 saturated carbocycles. The van der Waals surface area contributed by atoms with Crippen LogP contribution in [0.25, 0.3) is 0 Å². The van der Waals surface area contributed by atoms with Crippen LogP contribution in [0.1, 0.15) is 30.9 Å². The second-order valence-electron chi connectivity index (χ2n) is 5.04. The molecule has 1 aromatic heterocycles. The van der Waals surface area contributed by atoms with E-state index in [1.54, 1.807) is 6.07 Å². The maximum absolute atomic E-state index is 13.2. The minimum atomic E-state index is -0.843. The Morgan fingerprint density at radius 3 is 2.53 bits per heavy atom. The number of hydrogen-bond donors (Lipinski definition) is 1. The van der Waals surface area contributed by atoms with Gasteiger partial charge in [-0.15, -0.1) is 0 Å². The van der Waals surface area contributed by atoms with Crippen LogP contribution in [0.3, 0.4) is 0 Å². The maximum atomic E-state index is 13.2. The minimum absolute atomic E-state index is 0.489. The van der Waals surface area contributed by atoms with Crippen molar-refractivity contribution in [3.8, 4) is 0 Å². The predicted octanol–water partition coefficient (Wildman–Crippen LogP) is 3.29. The number of aromatic nitrogens is 1. The van der Waals surface area contributed by atoms with Crippen molar-refractivity contribution in [1.82, 2.24) is 10.5 Å². The highest BCUT2D eigenvalue weighted by Crippen LogP contribution is 2.22. The molecular formula is C14H16F2N2O. The fraction of sp³-hybridized carbons (Fsp3) is 0.357. The standard InChI is InChI=1S/C14H16F2N2O/c1-9-6-11(18-19-9)8-17-14(2,3)10-4-5-12(15)13(16)7-10/h4-7,17H,8H2,1-3H3. The van der Waals surface area contributed by atoms with Crippen molar-refractivity contribution in [3.63, 3.8) is 0 Å². The van der Waals surface area contributed by atoms with Gasteiger partial charge in [0.25, 0.3) is 0 Å². The first-order valence-corrected chi connectivity index (χ1v) is 6.01. The number of aryl methyl sites for hydroxylation is 1. The summed E-state index contributed by atoms with van der Waals surface area (Å²) in [4.78, 5) is 0. The van der Waals surface area contributed by atoms with Crippen LogP contribution >= 0.6 is 0 Å². The Morgan fingerprint density at radius 2 is 1.95 bits per heavy atom. The Morgan fingerprint density at radius 1 is 1.21 bits per heavy atom. The van der Waals surface area contributed by atoms with Gasteiger partial charge >= 0.3 is 0 Å². The molecule has 0 spiro atoms. The summed E-state index contributed by atoms with van der Waals surface area (Å²) < 4.78 is 31.1. The van der Waals surface area contributed by atoms with Gasteiger partial charge in [-0.25, -0.2) is 8.78 Å². The van der Waals surface area contributed by atoms with Gasteiger partial charge in [-0.05, 0) is 38.5 Å². The largest absolute Gasteiger partial charge is 0.361 e. The van der Waals surface area contributed by atoms with E-state index in [-0.39, 0.29) is 0 Å². The average molecular weight is 266 g/mol. The van der Waals surface area contributed by atoms with Crippen LogP contribution in [0.2, 0.25) is 0 Å². The van der Waals surface area contributed by atoms with Crippen molar-refractivity contribution in [3.05, 3.63) is 52.9 Å². The molecule has 2 rings (SSSR count). The molecular weight excluding hydrogens is 250 g/mol. The topological polar surface area (TPSA) is 38.1 Å². The van der Waals surface area contributed by atoms with E-state index in [1.165, 1.54) is 6.07 Å². The Bertz CT molecular complexity index is 579. The molecule has 0 atom stereocenters. The third-order valence-corrected chi connectivity index (χ3v) is 3.03. The number of hydrogen-bond acceptors (Lipinski definition) is 3. The molecule has 0 fully saturated rings. The van der Waals surface area contributed by atoms with Crippen LogP contribution in [0.5, 0.6) is 0 Å². The lowest BCUT2D eigenvalue weighted by molar-refractivity contribution is 0.365. The molecule has 0 amide bonds. The second kappa shape index (κ2) is 5.09. The molecule has 1 heterocycles. The van der Waals surface area contributed by atoms with Gasteiger partial charge in [0.05, 0.1) is 5.69 Å². The van der Waals surface area contributed by atoms with Gasteiger partial charge in [-0.3, -0.25) is 0 Å². The van der Waals surface area contributed by atoms with Gasteiger partial charge in [0.15, 0.2) is 11.6 Å². The molecule has 0 bridgehead atoms. The zero-order valence-electron chi connectivity index (χ0n) is 11.1. The molecule has 5 heteroatoms. The van der Waals surface area contributed by atoms with Crippen molar-refractivity contribution >= 4 is 0 Å². The third kappa shape index (κ3) is 3.17. The molecule has 3 nitrogen and oxygen atoms in total. The molecule has 1 N–H and O–H groups in total. The van der Waals surface area contributed by atoms with Gasteiger partial charge in [-0.1, -0.05) is 11.2 Å². The Balaban J connectivity index is 2.10. The van der Waals surface area contributed by atoms with E-state index in [9.17, 15) is 8.78 Å². The number of benzene rings is 1. The molecule has 0 unspecified atom stereocenters. The van der Waals surface area contributed by atoms with Crippen LogP contribution in [-0.4, -0.2) is 5.16 Å². The molecule has 0 aliphatic heterocycles. The quantitative estimate of drug-likeness (QED) is 0.922. The SMILES string of the molecule is Cc1cc(CNC(C)(C)c2ccc(F)c(F)c2)no1. The predicted molar refractivity (Wildman–Crippen MR) is 67.5 cm³/mol. The van der Waals surface area contributed by atoms with E-state index in [4.69, 9.17) is 4.52 Å². The van der Waals surface area contributed by atoms with E-state index in [1.807, 2.05) is 26.8 Å². The molecule has 102 valence electrons. The normalized spacial score (nSPS) is 11.8. The number of nitrogens with zero attached hydrogens (tertiary/aromatic N) is 1. The van der Waals surface area contributed by atoms with Crippen LogP contribution < -0.4 is 5.32 Å². The second-order valence-corrected chi connectivity index (χ2v) is 5.04. The Labute approximate surface area is 110 Å². The number of halogens is 2. The highest BCUT2D eigenvalue weighted by molar-refractivity contribution is 5.24. The van der Waals surface area contributed by atoms with Crippen molar-refractivity contribution < 1.29 is 13.3 Å². The van der Waals surface area contributed by atoms with E-state index in [0.717, 1.165) is 17.5 Å². The van der Waals surface area contributed by atoms with Gasteiger partial charge in [0, 0.05) is 18.2 Å². The van der Waals surface area contributed by atoms with Crippen LogP contribution in [0, 0.1) is 18.6 Å². The van der Waals surface area contributed by atoms with Crippen molar-refractivity contribution in [2.45, 2.75) is 32.9 Å². The first-order valence-electron chi connectivity index (χ1n) is 6.01. The van der Waals surface area contributed by atoms with Gasteiger partial charge in [0.2, 0.25) is 0 Å². The van der Waals surface area contributed by atoms with Crippen molar-refractivity contribution in [2.24, 2.45) is 0 Å². The van der Waals surface area contributed by atoms with Crippen molar-refractivity contribution in [1.29, 1.82) is 0 Å². The summed E-state index contributed by atoms with van der Waals surface area (Å²) in [5, 5.41) is 7.11. The number of rotatable bonds is 4. The molecule has 2 aromatic rings. The minimum Gasteiger partial charge on any atom is -0.361 e. The lowest BCUT2D eigenvalue weighted by Crippen LogP contribution is -2.36. The first-order chi connectivity index (χ1) is 8.88. The Hall–Kier alpha value is -1.75. The van der Waals surface area contributed by atoms with E-state index < -0.39 is 17.2 Å². The Kier molecular flexibility index (Phi) is 3.66. The molecule has 0 aliphatic carbocycles.